The van der Waals surface area contributed by atoms with Crippen LogP contribution in [0.5, 0.6) is 0 Å². The molecule has 2 heteroatoms. The Hall–Kier alpha value is -5.73. The van der Waals surface area contributed by atoms with Crippen LogP contribution in [0.4, 0.5) is 0 Å². The van der Waals surface area contributed by atoms with Crippen LogP contribution < -0.4 is 0 Å². The molecular formula is C50H42N2. The zero-order valence-corrected chi connectivity index (χ0v) is 29.6. The number of rotatable bonds is 5. The Morgan fingerprint density at radius 3 is 2.17 bits per heavy atom. The first-order valence-electron chi connectivity index (χ1n) is 19.2. The third-order valence-corrected chi connectivity index (χ3v) is 11.6. The van der Waals surface area contributed by atoms with Crippen LogP contribution in [0.15, 0.2) is 140 Å². The van der Waals surface area contributed by atoms with Gasteiger partial charge in [0.1, 0.15) is 5.82 Å². The fraction of sp³-hybridized carbons (Fsp3) is 0.180. The minimum atomic E-state index is 0.904. The van der Waals surface area contributed by atoms with Crippen LogP contribution in [0.25, 0.3) is 67.0 Å². The molecule has 0 radical (unpaired) electrons. The Kier molecular flexibility index (Phi) is 7.83. The molecule has 5 aromatic carbocycles. The second-order valence-electron chi connectivity index (χ2n) is 14.7. The van der Waals surface area contributed by atoms with Crippen molar-refractivity contribution in [2.45, 2.75) is 57.8 Å². The van der Waals surface area contributed by atoms with Gasteiger partial charge >= 0.3 is 0 Å². The van der Waals surface area contributed by atoms with Crippen molar-refractivity contribution in [2.24, 2.45) is 0 Å². The lowest BCUT2D eigenvalue weighted by molar-refractivity contribution is 0.861. The summed E-state index contributed by atoms with van der Waals surface area (Å²) in [5.41, 5.74) is 16.2. The monoisotopic (exact) mass is 670 g/mol. The molecule has 252 valence electrons. The van der Waals surface area contributed by atoms with Crippen molar-refractivity contribution in [3.63, 3.8) is 0 Å². The first kappa shape index (κ1) is 31.0. The van der Waals surface area contributed by atoms with Crippen molar-refractivity contribution in [2.75, 3.05) is 0 Å². The summed E-state index contributed by atoms with van der Waals surface area (Å²) in [6.45, 7) is 0. The van der Waals surface area contributed by atoms with Gasteiger partial charge in [-0.05, 0) is 130 Å². The van der Waals surface area contributed by atoms with E-state index in [4.69, 9.17) is 4.98 Å². The van der Waals surface area contributed by atoms with Gasteiger partial charge in [0, 0.05) is 23.4 Å². The van der Waals surface area contributed by atoms with E-state index in [-0.39, 0.29) is 0 Å². The van der Waals surface area contributed by atoms with Crippen molar-refractivity contribution in [1.82, 2.24) is 9.55 Å². The van der Waals surface area contributed by atoms with E-state index < -0.39 is 0 Å². The van der Waals surface area contributed by atoms with Crippen LogP contribution in [0.2, 0.25) is 0 Å². The molecule has 0 fully saturated rings. The molecule has 0 aliphatic heterocycles. The Balaban J connectivity index is 1.14. The van der Waals surface area contributed by atoms with Crippen LogP contribution in [0, 0.1) is 0 Å². The Labute approximate surface area is 306 Å². The molecule has 0 saturated carbocycles. The Morgan fingerprint density at radius 1 is 0.519 bits per heavy atom. The molecule has 0 atom stereocenters. The highest BCUT2D eigenvalue weighted by Gasteiger charge is 2.24. The van der Waals surface area contributed by atoms with Crippen molar-refractivity contribution in [3.8, 4) is 22.5 Å². The molecule has 0 saturated heterocycles. The van der Waals surface area contributed by atoms with Crippen molar-refractivity contribution >= 4 is 44.5 Å². The molecule has 0 bridgehead atoms. The quantitative estimate of drug-likeness (QED) is 0.132. The number of aromatic nitrogens is 2. The van der Waals surface area contributed by atoms with Crippen LogP contribution in [-0.4, -0.2) is 9.55 Å². The summed E-state index contributed by atoms with van der Waals surface area (Å²) in [5, 5.41) is 5.40. The molecule has 0 spiro atoms. The maximum absolute atomic E-state index is 5.24. The number of hydrogen-bond donors (Lipinski definition) is 0. The highest BCUT2D eigenvalue weighted by atomic mass is 15.1. The topological polar surface area (TPSA) is 17.8 Å². The number of allylic oxidation sites excluding steroid dienone is 11. The normalized spacial score (nSPS) is 16.7. The van der Waals surface area contributed by atoms with Gasteiger partial charge in [0.2, 0.25) is 0 Å². The Bertz CT molecular complexity index is 2580. The molecule has 0 unspecified atom stereocenters. The van der Waals surface area contributed by atoms with E-state index in [1.54, 1.807) is 0 Å². The molecule has 0 amide bonds. The van der Waals surface area contributed by atoms with E-state index in [0.29, 0.717) is 0 Å². The molecule has 4 aliphatic carbocycles. The number of nitrogens with zero attached hydrogens (tertiary/aromatic N) is 2. The van der Waals surface area contributed by atoms with Gasteiger partial charge < -0.3 is 4.57 Å². The van der Waals surface area contributed by atoms with Crippen molar-refractivity contribution in [3.05, 3.63) is 173 Å². The largest absolute Gasteiger partial charge is 0.300 e. The molecule has 4 aliphatic rings. The predicted molar refractivity (Wildman–Crippen MR) is 221 cm³/mol. The minimum Gasteiger partial charge on any atom is -0.300 e. The third kappa shape index (κ3) is 5.37. The summed E-state index contributed by atoms with van der Waals surface area (Å²) in [5.74, 6) is 1.08. The fourth-order valence-electron chi connectivity index (χ4n) is 9.03. The highest BCUT2D eigenvalue weighted by Crippen LogP contribution is 2.45. The van der Waals surface area contributed by atoms with Crippen LogP contribution in [0.3, 0.4) is 0 Å². The maximum atomic E-state index is 5.24. The van der Waals surface area contributed by atoms with E-state index in [1.165, 1.54) is 88.7 Å². The van der Waals surface area contributed by atoms with Gasteiger partial charge in [-0.15, -0.1) is 0 Å². The maximum Gasteiger partial charge on any atom is 0.144 e. The Morgan fingerprint density at radius 2 is 1.33 bits per heavy atom. The second-order valence-corrected chi connectivity index (χ2v) is 14.7. The number of hydrogen-bond acceptors (Lipinski definition) is 1. The first-order valence-corrected chi connectivity index (χ1v) is 19.2. The summed E-state index contributed by atoms with van der Waals surface area (Å²) in [7, 11) is 0. The van der Waals surface area contributed by atoms with Gasteiger partial charge in [-0.3, -0.25) is 0 Å². The van der Waals surface area contributed by atoms with Gasteiger partial charge in [0.25, 0.3) is 0 Å². The summed E-state index contributed by atoms with van der Waals surface area (Å²) in [4.78, 5) is 5.24. The van der Waals surface area contributed by atoms with Gasteiger partial charge in [0.15, 0.2) is 0 Å². The van der Waals surface area contributed by atoms with Crippen molar-refractivity contribution in [1.29, 1.82) is 0 Å². The molecule has 1 heterocycles. The third-order valence-electron chi connectivity index (χ3n) is 11.6. The second kappa shape index (κ2) is 13.1. The number of fused-ring (bicyclic) bond motifs is 4. The highest BCUT2D eigenvalue weighted by molar-refractivity contribution is 6.19. The number of aryl methyl sites for hydroxylation is 1. The smallest absolute Gasteiger partial charge is 0.144 e. The number of benzene rings is 5. The van der Waals surface area contributed by atoms with Crippen LogP contribution in [-0.2, 0) is 19.3 Å². The lowest BCUT2D eigenvalue weighted by Gasteiger charge is -2.23. The average molecular weight is 671 g/mol. The molecule has 6 aromatic rings. The van der Waals surface area contributed by atoms with E-state index in [9.17, 15) is 0 Å². The average Bonchev–Trinajstić information content (AvgIpc) is 3.42. The molecule has 1 aromatic heterocycles. The fourth-order valence-corrected chi connectivity index (χ4v) is 9.03. The zero-order chi connectivity index (χ0) is 34.4. The van der Waals surface area contributed by atoms with Gasteiger partial charge in [0.05, 0.1) is 5.69 Å². The SMILES string of the molecule is C1=CCCC(c2c3ccccc3c(-c3ccc4c(c3)CCC=C4)c3ccc(C4=CC=C(n5c(-c6ccccc6)nc6c5CCC=CC6)CC4)cc23)=C1. The summed E-state index contributed by atoms with van der Waals surface area (Å²) >= 11 is 0. The lowest BCUT2D eigenvalue weighted by atomic mass is 9.82. The number of imidazole rings is 1. The molecule has 52 heavy (non-hydrogen) atoms. The van der Waals surface area contributed by atoms with Crippen LogP contribution in [0.1, 0.15) is 72.2 Å². The molecular weight excluding hydrogens is 629 g/mol. The minimum absolute atomic E-state index is 0.904. The standard InChI is InChI=1S/C50H42N2/c1-4-15-36(16-5-1)48-42-20-12-13-21-43(42)49(40-25-24-34-14-10-11-19-38(34)32-40)44-31-28-39(33-45(44)48)35-26-29-41(30-27-35)52-47-23-9-3-8-22-46(47)51-50(52)37-17-6-2-7-18-37/h1-4,6-8,10,12-15,17-18,20-21,24-26,28-29,31-33H,5,9,11,16,19,22-23,27,30H2. The lowest BCUT2D eigenvalue weighted by Crippen LogP contribution is -2.07. The predicted octanol–water partition coefficient (Wildman–Crippen LogP) is 13.0. The van der Waals surface area contributed by atoms with E-state index in [0.717, 1.165) is 63.6 Å². The van der Waals surface area contributed by atoms with Gasteiger partial charge in [-0.1, -0.05) is 134 Å². The van der Waals surface area contributed by atoms with Gasteiger partial charge in [-0.2, -0.15) is 0 Å². The summed E-state index contributed by atoms with van der Waals surface area (Å²) in [6, 6.07) is 34.3. The van der Waals surface area contributed by atoms with E-state index in [2.05, 4.69) is 150 Å². The summed E-state index contributed by atoms with van der Waals surface area (Å²) in [6.07, 6.45) is 30.2. The van der Waals surface area contributed by atoms with Gasteiger partial charge in [-0.25, -0.2) is 4.98 Å². The van der Waals surface area contributed by atoms with Crippen LogP contribution >= 0.6 is 0 Å². The zero-order valence-electron chi connectivity index (χ0n) is 29.6. The molecule has 10 rings (SSSR count). The van der Waals surface area contributed by atoms with E-state index >= 15 is 0 Å². The summed E-state index contributed by atoms with van der Waals surface area (Å²) < 4.78 is 2.49. The van der Waals surface area contributed by atoms with E-state index in [1.807, 2.05) is 0 Å². The molecule has 2 nitrogen and oxygen atoms in total. The molecule has 0 N–H and O–H groups in total. The first-order chi connectivity index (χ1) is 25.8. The van der Waals surface area contributed by atoms with Crippen molar-refractivity contribution < 1.29 is 0 Å².